The molecule has 0 aliphatic rings. The van der Waals surface area contributed by atoms with Crippen LogP contribution >= 0.6 is 11.6 Å². The summed E-state index contributed by atoms with van der Waals surface area (Å²) in [7, 11) is 1.78. The number of likely N-dealkylation sites (N-methyl/N-ethyl adjacent to an activating group) is 1. The van der Waals surface area contributed by atoms with Gasteiger partial charge < -0.3 is 9.64 Å². The van der Waals surface area contributed by atoms with E-state index < -0.39 is 5.41 Å². The van der Waals surface area contributed by atoms with E-state index in [0.29, 0.717) is 19.0 Å². The quantitative estimate of drug-likeness (QED) is 0.753. The van der Waals surface area contributed by atoms with E-state index in [0.717, 1.165) is 5.75 Å². The lowest BCUT2D eigenvalue weighted by Gasteiger charge is -2.27. The van der Waals surface area contributed by atoms with Gasteiger partial charge >= 0.3 is 0 Å². The van der Waals surface area contributed by atoms with Crippen molar-refractivity contribution in [3.63, 3.8) is 0 Å². The van der Waals surface area contributed by atoms with Crippen molar-refractivity contribution < 1.29 is 9.53 Å². The van der Waals surface area contributed by atoms with Crippen molar-refractivity contribution in [3.8, 4) is 5.75 Å². The Morgan fingerprint density at radius 2 is 1.95 bits per heavy atom. The van der Waals surface area contributed by atoms with Crippen LogP contribution in [0.1, 0.15) is 25.0 Å². The molecule has 0 aromatic heterocycles. The average molecular weight is 298 g/mol. The lowest BCUT2D eigenvalue weighted by Crippen LogP contribution is -2.41. The largest absolute Gasteiger partial charge is 0.492 e. The molecular formula is C16H24ClNO2. The summed E-state index contributed by atoms with van der Waals surface area (Å²) in [5.41, 5.74) is 1.92. The van der Waals surface area contributed by atoms with Gasteiger partial charge in [0.15, 0.2) is 0 Å². The Labute approximate surface area is 126 Å². The van der Waals surface area contributed by atoms with Crippen LogP contribution in [0, 0.1) is 19.3 Å². The summed E-state index contributed by atoms with van der Waals surface area (Å²) in [4.78, 5) is 13.8. The molecule has 0 aliphatic carbocycles. The summed E-state index contributed by atoms with van der Waals surface area (Å²) in [6, 6.07) is 6.00. The highest BCUT2D eigenvalue weighted by Gasteiger charge is 2.29. The second-order valence-electron chi connectivity index (χ2n) is 5.84. The molecule has 1 aromatic carbocycles. The molecular weight excluding hydrogens is 274 g/mol. The highest BCUT2D eigenvalue weighted by molar-refractivity contribution is 6.19. The van der Waals surface area contributed by atoms with E-state index in [9.17, 15) is 4.79 Å². The number of carbonyl (C=O) groups is 1. The van der Waals surface area contributed by atoms with Crippen molar-refractivity contribution in [1.29, 1.82) is 0 Å². The maximum Gasteiger partial charge on any atom is 0.229 e. The fourth-order valence-electron chi connectivity index (χ4n) is 1.78. The topological polar surface area (TPSA) is 29.5 Å². The molecule has 1 amide bonds. The zero-order valence-electron chi connectivity index (χ0n) is 13.0. The molecule has 0 fully saturated rings. The predicted molar refractivity (Wildman–Crippen MR) is 83.5 cm³/mol. The van der Waals surface area contributed by atoms with E-state index in [4.69, 9.17) is 16.3 Å². The van der Waals surface area contributed by atoms with Crippen molar-refractivity contribution in [3.05, 3.63) is 29.3 Å². The van der Waals surface area contributed by atoms with Crippen LogP contribution in [0.3, 0.4) is 0 Å². The minimum Gasteiger partial charge on any atom is -0.492 e. The Hall–Kier alpha value is -1.22. The Morgan fingerprint density at radius 1 is 1.30 bits per heavy atom. The first kappa shape index (κ1) is 16.8. The molecule has 0 bridgehead atoms. The van der Waals surface area contributed by atoms with Crippen LogP contribution in [0.4, 0.5) is 0 Å². The fraction of sp³-hybridized carbons (Fsp3) is 0.562. The highest BCUT2D eigenvalue weighted by Crippen LogP contribution is 2.20. The number of ether oxygens (including phenoxy) is 1. The smallest absolute Gasteiger partial charge is 0.229 e. The number of rotatable bonds is 6. The van der Waals surface area contributed by atoms with E-state index in [1.165, 1.54) is 11.1 Å². The van der Waals surface area contributed by atoms with Crippen LogP contribution in [-0.4, -0.2) is 36.9 Å². The summed E-state index contributed by atoms with van der Waals surface area (Å²) in [5, 5.41) is 0. The van der Waals surface area contributed by atoms with Crippen molar-refractivity contribution in [2.24, 2.45) is 5.41 Å². The lowest BCUT2D eigenvalue weighted by atomic mass is 9.94. The van der Waals surface area contributed by atoms with Gasteiger partial charge in [0.2, 0.25) is 5.91 Å². The number of hydrogen-bond donors (Lipinski definition) is 0. The van der Waals surface area contributed by atoms with Crippen LogP contribution in [-0.2, 0) is 4.79 Å². The summed E-state index contributed by atoms with van der Waals surface area (Å²) in [6.45, 7) is 8.85. The van der Waals surface area contributed by atoms with E-state index in [-0.39, 0.29) is 5.91 Å². The van der Waals surface area contributed by atoms with Crippen molar-refractivity contribution in [2.75, 3.05) is 26.1 Å². The Kier molecular flexibility index (Phi) is 5.88. The average Bonchev–Trinajstić information content (AvgIpc) is 2.41. The zero-order valence-corrected chi connectivity index (χ0v) is 13.8. The van der Waals surface area contributed by atoms with Gasteiger partial charge in [-0.1, -0.05) is 6.07 Å². The molecule has 0 unspecified atom stereocenters. The molecule has 0 aliphatic heterocycles. The molecule has 0 N–H and O–H groups in total. The summed E-state index contributed by atoms with van der Waals surface area (Å²) >= 11 is 5.82. The van der Waals surface area contributed by atoms with Gasteiger partial charge in [-0.25, -0.2) is 0 Å². The molecule has 20 heavy (non-hydrogen) atoms. The van der Waals surface area contributed by atoms with E-state index in [1.54, 1.807) is 11.9 Å². The summed E-state index contributed by atoms with van der Waals surface area (Å²) < 4.78 is 5.68. The predicted octanol–water partition coefficient (Wildman–Crippen LogP) is 3.41. The minimum atomic E-state index is -0.531. The molecule has 4 heteroatoms. The highest BCUT2D eigenvalue weighted by atomic mass is 35.5. The maximum atomic E-state index is 12.1. The number of hydrogen-bond acceptors (Lipinski definition) is 2. The third kappa shape index (κ3) is 4.41. The molecule has 0 heterocycles. The van der Waals surface area contributed by atoms with E-state index in [2.05, 4.69) is 13.8 Å². The molecule has 3 nitrogen and oxygen atoms in total. The molecule has 0 saturated heterocycles. The number of amides is 1. The van der Waals surface area contributed by atoms with Crippen LogP contribution < -0.4 is 4.74 Å². The van der Waals surface area contributed by atoms with Gasteiger partial charge in [0.05, 0.1) is 12.0 Å². The normalized spacial score (nSPS) is 11.3. The van der Waals surface area contributed by atoms with Crippen LogP contribution in [0.15, 0.2) is 18.2 Å². The zero-order chi connectivity index (χ0) is 15.3. The van der Waals surface area contributed by atoms with Gasteiger partial charge in [-0.3, -0.25) is 4.79 Å². The molecule has 0 saturated carbocycles. The van der Waals surface area contributed by atoms with Crippen molar-refractivity contribution in [2.45, 2.75) is 27.7 Å². The third-order valence-electron chi connectivity index (χ3n) is 3.43. The van der Waals surface area contributed by atoms with Gasteiger partial charge in [0.25, 0.3) is 0 Å². The Morgan fingerprint density at radius 3 is 2.50 bits per heavy atom. The van der Waals surface area contributed by atoms with Gasteiger partial charge in [0.1, 0.15) is 12.4 Å². The molecule has 112 valence electrons. The van der Waals surface area contributed by atoms with Gasteiger partial charge in [0, 0.05) is 12.9 Å². The molecule has 0 atom stereocenters. The standard InChI is InChI=1S/C16H24ClNO2/c1-12-6-7-14(10-13(12)2)20-9-8-18(5)15(19)16(3,4)11-17/h6-7,10H,8-9,11H2,1-5H3. The van der Waals surface area contributed by atoms with Crippen molar-refractivity contribution >= 4 is 17.5 Å². The lowest BCUT2D eigenvalue weighted by molar-refractivity contribution is -0.138. The Balaban J connectivity index is 2.48. The molecule has 1 aromatic rings. The molecule has 1 rings (SSSR count). The second-order valence-corrected chi connectivity index (χ2v) is 6.11. The summed E-state index contributed by atoms with van der Waals surface area (Å²) in [5.74, 6) is 1.19. The third-order valence-corrected chi connectivity index (χ3v) is 4.10. The van der Waals surface area contributed by atoms with Crippen LogP contribution in [0.2, 0.25) is 0 Å². The number of carbonyl (C=O) groups excluding carboxylic acids is 1. The maximum absolute atomic E-state index is 12.1. The first-order valence-corrected chi connectivity index (χ1v) is 7.33. The minimum absolute atomic E-state index is 0.0381. The molecule has 0 spiro atoms. The number of benzene rings is 1. The van der Waals surface area contributed by atoms with Crippen molar-refractivity contribution in [1.82, 2.24) is 4.90 Å². The first-order chi connectivity index (χ1) is 9.27. The van der Waals surface area contributed by atoms with Gasteiger partial charge in [-0.05, 0) is 51.0 Å². The number of nitrogens with zero attached hydrogens (tertiary/aromatic N) is 1. The van der Waals surface area contributed by atoms with E-state index in [1.807, 2.05) is 32.0 Å². The Bertz CT molecular complexity index is 472. The van der Waals surface area contributed by atoms with E-state index >= 15 is 0 Å². The monoisotopic (exact) mass is 297 g/mol. The SMILES string of the molecule is Cc1ccc(OCCN(C)C(=O)C(C)(C)CCl)cc1C. The number of aryl methyl sites for hydroxylation is 2. The summed E-state index contributed by atoms with van der Waals surface area (Å²) in [6.07, 6.45) is 0. The van der Waals surface area contributed by atoms with Gasteiger partial charge in [-0.15, -0.1) is 11.6 Å². The number of halogens is 1. The second kappa shape index (κ2) is 6.98. The molecule has 0 radical (unpaired) electrons. The van der Waals surface area contributed by atoms with Crippen LogP contribution in [0.5, 0.6) is 5.75 Å². The number of alkyl halides is 1. The fourth-order valence-corrected chi connectivity index (χ4v) is 1.89. The van der Waals surface area contributed by atoms with Crippen LogP contribution in [0.25, 0.3) is 0 Å². The first-order valence-electron chi connectivity index (χ1n) is 6.79. The van der Waals surface area contributed by atoms with Gasteiger partial charge in [-0.2, -0.15) is 0 Å².